The van der Waals surface area contributed by atoms with Crippen LogP contribution in [0.25, 0.3) is 0 Å². The van der Waals surface area contributed by atoms with Crippen molar-refractivity contribution in [3.63, 3.8) is 0 Å². The van der Waals surface area contributed by atoms with Crippen molar-refractivity contribution in [1.29, 1.82) is 0 Å². The Morgan fingerprint density at radius 1 is 1.04 bits per heavy atom. The fourth-order valence-electron chi connectivity index (χ4n) is 2.01. The van der Waals surface area contributed by atoms with Crippen molar-refractivity contribution in [1.82, 2.24) is 0 Å². The maximum atomic E-state index is 13.5. The minimum Gasteiger partial charge on any atom is -0.489 e. The molecule has 1 N–H and O–H groups in total. The van der Waals surface area contributed by atoms with Gasteiger partial charge < -0.3 is 14.5 Å². The molecule has 0 unspecified atom stereocenters. The zero-order chi connectivity index (χ0) is 16.1. The fourth-order valence-corrected chi connectivity index (χ4v) is 2.01. The lowest BCUT2D eigenvalue weighted by molar-refractivity contribution is 0.0996. The zero-order valence-electron chi connectivity index (χ0n) is 12.2. The molecule has 5 heteroatoms. The summed E-state index contributed by atoms with van der Waals surface area (Å²) < 4.78 is 24.0. The highest BCUT2D eigenvalue weighted by molar-refractivity contribution is 6.02. The lowest BCUT2D eigenvalue weighted by Gasteiger charge is -2.08. The summed E-state index contributed by atoms with van der Waals surface area (Å²) in [5.41, 5.74) is 1.10. The number of anilines is 1. The molecule has 3 aromatic rings. The Morgan fingerprint density at radius 3 is 2.52 bits per heavy atom. The van der Waals surface area contributed by atoms with E-state index >= 15 is 0 Å². The van der Waals surface area contributed by atoms with Gasteiger partial charge in [-0.2, -0.15) is 0 Å². The molecule has 0 aliphatic rings. The Balaban J connectivity index is 1.59. The summed E-state index contributed by atoms with van der Waals surface area (Å²) in [7, 11) is 0. The summed E-state index contributed by atoms with van der Waals surface area (Å²) in [6.07, 6.45) is 1.44. The molecule has 116 valence electrons. The Kier molecular flexibility index (Phi) is 4.38. The SMILES string of the molecule is O=C(Nc1ccc(OCc2ccccc2F)cc1)c1ccco1. The molecule has 1 aromatic heterocycles. The molecular weight excluding hydrogens is 297 g/mol. The number of carbonyl (C=O) groups is 1. The predicted molar refractivity (Wildman–Crippen MR) is 83.8 cm³/mol. The number of furan rings is 1. The molecule has 0 aliphatic heterocycles. The van der Waals surface area contributed by atoms with E-state index in [0.29, 0.717) is 17.0 Å². The van der Waals surface area contributed by atoms with Crippen LogP contribution in [0.3, 0.4) is 0 Å². The fraction of sp³-hybridized carbons (Fsp3) is 0.0556. The van der Waals surface area contributed by atoms with Gasteiger partial charge in [-0.25, -0.2) is 4.39 Å². The predicted octanol–water partition coefficient (Wildman–Crippen LogP) is 4.25. The van der Waals surface area contributed by atoms with Crippen LogP contribution < -0.4 is 10.1 Å². The lowest BCUT2D eigenvalue weighted by Crippen LogP contribution is -2.10. The van der Waals surface area contributed by atoms with Crippen LogP contribution in [0.15, 0.2) is 71.3 Å². The second-order valence-electron chi connectivity index (χ2n) is 4.84. The van der Waals surface area contributed by atoms with Crippen LogP contribution in [0.2, 0.25) is 0 Å². The van der Waals surface area contributed by atoms with Crippen molar-refractivity contribution < 1.29 is 18.3 Å². The van der Waals surface area contributed by atoms with Crippen molar-refractivity contribution in [2.24, 2.45) is 0 Å². The summed E-state index contributed by atoms with van der Waals surface area (Å²) in [5, 5.41) is 2.71. The van der Waals surface area contributed by atoms with Gasteiger partial charge in [0.2, 0.25) is 0 Å². The topological polar surface area (TPSA) is 51.5 Å². The maximum absolute atomic E-state index is 13.5. The molecule has 1 heterocycles. The molecule has 23 heavy (non-hydrogen) atoms. The first-order chi connectivity index (χ1) is 11.2. The van der Waals surface area contributed by atoms with Gasteiger partial charge in [0.25, 0.3) is 5.91 Å². The quantitative estimate of drug-likeness (QED) is 0.766. The van der Waals surface area contributed by atoms with Crippen LogP contribution in [0.5, 0.6) is 5.75 Å². The molecule has 0 saturated heterocycles. The van der Waals surface area contributed by atoms with Gasteiger partial charge in [0.1, 0.15) is 18.2 Å². The minimum absolute atomic E-state index is 0.144. The van der Waals surface area contributed by atoms with Crippen LogP contribution >= 0.6 is 0 Å². The molecule has 0 fully saturated rings. The molecule has 0 bridgehead atoms. The van der Waals surface area contributed by atoms with Gasteiger partial charge in [0.15, 0.2) is 5.76 Å². The Labute approximate surface area is 132 Å². The maximum Gasteiger partial charge on any atom is 0.291 e. The highest BCUT2D eigenvalue weighted by atomic mass is 19.1. The van der Waals surface area contributed by atoms with Crippen LogP contribution in [-0.2, 0) is 6.61 Å². The van der Waals surface area contributed by atoms with E-state index < -0.39 is 0 Å². The average molecular weight is 311 g/mol. The summed E-state index contributed by atoms with van der Waals surface area (Å²) in [4.78, 5) is 11.8. The van der Waals surface area contributed by atoms with E-state index in [0.717, 1.165) is 0 Å². The van der Waals surface area contributed by atoms with E-state index in [-0.39, 0.29) is 24.1 Å². The highest BCUT2D eigenvalue weighted by Crippen LogP contribution is 2.18. The first-order valence-electron chi connectivity index (χ1n) is 7.03. The van der Waals surface area contributed by atoms with Gasteiger partial charge in [-0.1, -0.05) is 18.2 Å². The Hall–Kier alpha value is -3.08. The van der Waals surface area contributed by atoms with E-state index in [1.807, 2.05) is 0 Å². The summed E-state index contributed by atoms with van der Waals surface area (Å²) in [5.74, 6) is 0.207. The Bertz CT molecular complexity index is 782. The number of amides is 1. The Morgan fingerprint density at radius 2 is 1.83 bits per heavy atom. The third-order valence-electron chi connectivity index (χ3n) is 3.21. The number of rotatable bonds is 5. The number of benzene rings is 2. The second-order valence-corrected chi connectivity index (χ2v) is 4.84. The van der Waals surface area contributed by atoms with Crippen LogP contribution in [-0.4, -0.2) is 5.91 Å². The van der Waals surface area contributed by atoms with Crippen LogP contribution in [0, 0.1) is 5.82 Å². The third-order valence-corrected chi connectivity index (χ3v) is 3.21. The van der Waals surface area contributed by atoms with E-state index in [1.54, 1.807) is 54.6 Å². The van der Waals surface area contributed by atoms with Gasteiger partial charge in [-0.15, -0.1) is 0 Å². The number of hydrogen-bond acceptors (Lipinski definition) is 3. The van der Waals surface area contributed by atoms with E-state index in [2.05, 4.69) is 5.32 Å². The second kappa shape index (κ2) is 6.79. The molecule has 2 aromatic carbocycles. The van der Waals surface area contributed by atoms with Gasteiger partial charge in [-0.3, -0.25) is 4.79 Å². The van der Waals surface area contributed by atoms with Gasteiger partial charge in [0, 0.05) is 11.3 Å². The summed E-state index contributed by atoms with van der Waals surface area (Å²) in [6, 6.07) is 16.5. The molecule has 4 nitrogen and oxygen atoms in total. The van der Waals surface area contributed by atoms with Gasteiger partial charge in [0.05, 0.1) is 6.26 Å². The van der Waals surface area contributed by atoms with Crippen LogP contribution in [0.1, 0.15) is 16.1 Å². The lowest BCUT2D eigenvalue weighted by atomic mass is 10.2. The molecule has 0 spiro atoms. The molecule has 0 saturated carbocycles. The molecule has 0 aliphatic carbocycles. The van der Waals surface area contributed by atoms with Crippen molar-refractivity contribution >= 4 is 11.6 Å². The molecular formula is C18H14FNO3. The largest absolute Gasteiger partial charge is 0.489 e. The first kappa shape index (κ1) is 14.8. The molecule has 0 radical (unpaired) electrons. The molecule has 0 atom stereocenters. The zero-order valence-corrected chi connectivity index (χ0v) is 12.2. The van der Waals surface area contributed by atoms with Crippen molar-refractivity contribution in [3.8, 4) is 5.75 Å². The van der Waals surface area contributed by atoms with Gasteiger partial charge >= 0.3 is 0 Å². The smallest absolute Gasteiger partial charge is 0.291 e. The molecule has 1 amide bonds. The van der Waals surface area contributed by atoms with Crippen molar-refractivity contribution in [3.05, 3.63) is 84.1 Å². The van der Waals surface area contributed by atoms with E-state index in [1.165, 1.54) is 12.3 Å². The monoisotopic (exact) mass is 311 g/mol. The number of ether oxygens (including phenoxy) is 1. The minimum atomic E-state index is -0.324. The standard InChI is InChI=1S/C18H14FNO3/c19-16-5-2-1-4-13(16)12-23-15-9-7-14(8-10-15)20-18(21)17-6-3-11-22-17/h1-11H,12H2,(H,20,21). The summed E-state index contributed by atoms with van der Waals surface area (Å²) >= 11 is 0. The molecule has 3 rings (SSSR count). The summed E-state index contributed by atoms with van der Waals surface area (Å²) in [6.45, 7) is 0.144. The van der Waals surface area contributed by atoms with Gasteiger partial charge in [-0.05, 0) is 42.5 Å². The van der Waals surface area contributed by atoms with Crippen molar-refractivity contribution in [2.75, 3.05) is 5.32 Å². The normalized spacial score (nSPS) is 10.3. The number of nitrogens with one attached hydrogen (secondary N) is 1. The first-order valence-corrected chi connectivity index (χ1v) is 7.03. The number of halogens is 1. The number of carbonyl (C=O) groups excluding carboxylic acids is 1. The highest BCUT2D eigenvalue weighted by Gasteiger charge is 2.08. The third kappa shape index (κ3) is 3.77. The number of hydrogen-bond donors (Lipinski definition) is 1. The van der Waals surface area contributed by atoms with E-state index in [9.17, 15) is 9.18 Å². The van der Waals surface area contributed by atoms with Crippen LogP contribution in [0.4, 0.5) is 10.1 Å². The average Bonchev–Trinajstić information content (AvgIpc) is 3.10. The van der Waals surface area contributed by atoms with Crippen molar-refractivity contribution in [2.45, 2.75) is 6.61 Å². The van der Waals surface area contributed by atoms with E-state index in [4.69, 9.17) is 9.15 Å².